The molecule has 6 heteroatoms. The minimum absolute atomic E-state index is 0.163. The molecule has 2 aromatic heterocycles. The zero-order valence-corrected chi connectivity index (χ0v) is 10.3. The molecule has 1 N–H and O–H groups in total. The van der Waals surface area contributed by atoms with Crippen LogP contribution in [0.5, 0.6) is 0 Å². The number of rotatable bonds is 5. The molecule has 2 heterocycles. The van der Waals surface area contributed by atoms with Gasteiger partial charge in [0.25, 0.3) is 0 Å². The molecule has 96 valence electrons. The van der Waals surface area contributed by atoms with E-state index in [1.807, 2.05) is 24.1 Å². The zero-order valence-electron chi connectivity index (χ0n) is 10.3. The Hall–Kier alpha value is -2.08. The van der Waals surface area contributed by atoms with E-state index in [4.69, 9.17) is 9.84 Å². The third-order valence-electron chi connectivity index (χ3n) is 2.79. The van der Waals surface area contributed by atoms with E-state index in [-0.39, 0.29) is 5.69 Å². The number of methoxy groups -OCH3 is 1. The lowest BCUT2D eigenvalue weighted by atomic mass is 10.3. The molecule has 18 heavy (non-hydrogen) atoms. The van der Waals surface area contributed by atoms with Gasteiger partial charge in [-0.3, -0.25) is 4.40 Å². The summed E-state index contributed by atoms with van der Waals surface area (Å²) in [7, 11) is 3.61. The molecular formula is C12H15N3O3. The van der Waals surface area contributed by atoms with Crippen LogP contribution in [0.4, 0.5) is 5.69 Å². The molecule has 0 aliphatic rings. The van der Waals surface area contributed by atoms with E-state index in [0.29, 0.717) is 12.3 Å². The van der Waals surface area contributed by atoms with Crippen LogP contribution in [-0.4, -0.2) is 47.8 Å². The highest BCUT2D eigenvalue weighted by Gasteiger charge is 2.11. The Bertz CT molecular complexity index is 565. The Kier molecular flexibility index (Phi) is 3.47. The van der Waals surface area contributed by atoms with Crippen molar-refractivity contribution in [1.82, 2.24) is 9.38 Å². The summed E-state index contributed by atoms with van der Waals surface area (Å²) >= 11 is 0. The first-order chi connectivity index (χ1) is 8.63. The van der Waals surface area contributed by atoms with Gasteiger partial charge in [-0.05, 0) is 6.07 Å². The first-order valence-corrected chi connectivity index (χ1v) is 5.54. The van der Waals surface area contributed by atoms with Gasteiger partial charge in [-0.2, -0.15) is 0 Å². The highest BCUT2D eigenvalue weighted by Crippen LogP contribution is 2.16. The van der Waals surface area contributed by atoms with E-state index in [0.717, 1.165) is 12.2 Å². The van der Waals surface area contributed by atoms with Crippen molar-refractivity contribution < 1.29 is 14.6 Å². The minimum Gasteiger partial charge on any atom is -0.477 e. The largest absolute Gasteiger partial charge is 0.477 e. The van der Waals surface area contributed by atoms with Crippen LogP contribution in [0.25, 0.3) is 5.65 Å². The van der Waals surface area contributed by atoms with Gasteiger partial charge in [0.2, 0.25) is 0 Å². The Morgan fingerprint density at radius 3 is 3.06 bits per heavy atom. The summed E-state index contributed by atoms with van der Waals surface area (Å²) in [5, 5.41) is 8.98. The lowest BCUT2D eigenvalue weighted by Gasteiger charge is -2.18. The van der Waals surface area contributed by atoms with Gasteiger partial charge >= 0.3 is 5.97 Å². The highest BCUT2D eigenvalue weighted by molar-refractivity contribution is 5.86. The van der Waals surface area contributed by atoms with Crippen molar-refractivity contribution in [1.29, 1.82) is 0 Å². The van der Waals surface area contributed by atoms with E-state index in [1.54, 1.807) is 17.7 Å². The first kappa shape index (κ1) is 12.4. The number of aromatic carboxylic acids is 1. The predicted molar refractivity (Wildman–Crippen MR) is 67.3 cm³/mol. The standard InChI is InChI=1S/C12H15N3O3/c1-14(5-6-18-2)9-3-4-15-10(12(16)17)8-13-11(15)7-9/h3-4,7-8H,5-6H2,1-2H3,(H,16,17). The number of hydrogen-bond donors (Lipinski definition) is 1. The van der Waals surface area contributed by atoms with Gasteiger partial charge in [0.05, 0.1) is 12.8 Å². The lowest BCUT2D eigenvalue weighted by Crippen LogP contribution is -2.22. The van der Waals surface area contributed by atoms with Crippen LogP contribution >= 0.6 is 0 Å². The number of nitrogens with zero attached hydrogens (tertiary/aromatic N) is 3. The van der Waals surface area contributed by atoms with Crippen molar-refractivity contribution in [3.05, 3.63) is 30.2 Å². The monoisotopic (exact) mass is 249 g/mol. The summed E-state index contributed by atoms with van der Waals surface area (Å²) in [5.41, 5.74) is 1.76. The van der Waals surface area contributed by atoms with Crippen LogP contribution in [0.15, 0.2) is 24.5 Å². The maximum absolute atomic E-state index is 10.9. The second-order valence-electron chi connectivity index (χ2n) is 3.98. The number of imidazole rings is 1. The number of carboxylic acid groups (broad SMARTS) is 1. The van der Waals surface area contributed by atoms with Crippen LogP contribution in [0, 0.1) is 0 Å². The van der Waals surface area contributed by atoms with Gasteiger partial charge in [0.1, 0.15) is 5.65 Å². The molecule has 0 radical (unpaired) electrons. The molecule has 0 amide bonds. The van der Waals surface area contributed by atoms with Crippen LogP contribution in [0.1, 0.15) is 10.5 Å². The number of hydrogen-bond acceptors (Lipinski definition) is 4. The van der Waals surface area contributed by atoms with Crippen molar-refractivity contribution in [3.8, 4) is 0 Å². The van der Waals surface area contributed by atoms with E-state index < -0.39 is 5.97 Å². The van der Waals surface area contributed by atoms with Crippen molar-refractivity contribution in [2.24, 2.45) is 0 Å². The van der Waals surface area contributed by atoms with Gasteiger partial charge in [0, 0.05) is 38.7 Å². The van der Waals surface area contributed by atoms with E-state index >= 15 is 0 Å². The normalized spacial score (nSPS) is 10.8. The molecule has 2 rings (SSSR count). The number of aromatic nitrogens is 2. The average molecular weight is 249 g/mol. The summed E-state index contributed by atoms with van der Waals surface area (Å²) in [6.45, 7) is 1.40. The maximum atomic E-state index is 10.9. The van der Waals surface area contributed by atoms with Crippen LogP contribution in [-0.2, 0) is 4.74 Å². The molecule has 0 atom stereocenters. The fourth-order valence-electron chi connectivity index (χ4n) is 1.72. The van der Waals surface area contributed by atoms with E-state index in [2.05, 4.69) is 4.98 Å². The molecule has 0 aliphatic carbocycles. The molecule has 0 spiro atoms. The van der Waals surface area contributed by atoms with Gasteiger partial charge in [0.15, 0.2) is 5.69 Å². The lowest BCUT2D eigenvalue weighted by molar-refractivity contribution is 0.0689. The third-order valence-corrected chi connectivity index (χ3v) is 2.79. The van der Waals surface area contributed by atoms with E-state index in [9.17, 15) is 4.79 Å². The number of likely N-dealkylation sites (N-methyl/N-ethyl adjacent to an activating group) is 1. The van der Waals surface area contributed by atoms with Crippen LogP contribution < -0.4 is 4.90 Å². The zero-order chi connectivity index (χ0) is 13.1. The molecule has 0 bridgehead atoms. The van der Waals surface area contributed by atoms with Crippen molar-refractivity contribution in [3.63, 3.8) is 0 Å². The topological polar surface area (TPSA) is 67.1 Å². The minimum atomic E-state index is -0.983. The first-order valence-electron chi connectivity index (χ1n) is 5.54. The molecule has 0 saturated heterocycles. The smallest absolute Gasteiger partial charge is 0.354 e. The Labute approximate surface area is 104 Å². The summed E-state index contributed by atoms with van der Waals surface area (Å²) in [6.07, 6.45) is 3.07. The number of anilines is 1. The Balaban J connectivity index is 2.31. The fourth-order valence-corrected chi connectivity index (χ4v) is 1.72. The number of carbonyl (C=O) groups is 1. The molecule has 0 aliphatic heterocycles. The number of fused-ring (bicyclic) bond motifs is 1. The fraction of sp³-hybridized carbons (Fsp3) is 0.333. The van der Waals surface area contributed by atoms with Gasteiger partial charge < -0.3 is 14.7 Å². The van der Waals surface area contributed by atoms with Crippen molar-refractivity contribution >= 4 is 17.3 Å². The average Bonchev–Trinajstić information content (AvgIpc) is 2.78. The molecular weight excluding hydrogens is 234 g/mol. The summed E-state index contributed by atoms with van der Waals surface area (Å²) in [5.74, 6) is -0.983. The van der Waals surface area contributed by atoms with Crippen LogP contribution in [0.3, 0.4) is 0 Å². The summed E-state index contributed by atoms with van der Waals surface area (Å²) in [4.78, 5) is 17.1. The van der Waals surface area contributed by atoms with Crippen LogP contribution in [0.2, 0.25) is 0 Å². The summed E-state index contributed by atoms with van der Waals surface area (Å²) < 4.78 is 6.57. The third kappa shape index (κ3) is 2.28. The second-order valence-corrected chi connectivity index (χ2v) is 3.98. The summed E-state index contributed by atoms with van der Waals surface area (Å²) in [6, 6.07) is 3.71. The molecule has 2 aromatic rings. The SMILES string of the molecule is COCCN(C)c1ccn2c(C(=O)O)cnc2c1. The Morgan fingerprint density at radius 2 is 2.39 bits per heavy atom. The highest BCUT2D eigenvalue weighted by atomic mass is 16.5. The number of ether oxygens (including phenoxy) is 1. The Morgan fingerprint density at radius 1 is 1.61 bits per heavy atom. The van der Waals surface area contributed by atoms with Gasteiger partial charge in [-0.1, -0.05) is 0 Å². The maximum Gasteiger partial charge on any atom is 0.354 e. The van der Waals surface area contributed by atoms with Crippen molar-refractivity contribution in [2.45, 2.75) is 0 Å². The quantitative estimate of drug-likeness (QED) is 0.860. The van der Waals surface area contributed by atoms with Crippen molar-refractivity contribution in [2.75, 3.05) is 32.2 Å². The van der Waals surface area contributed by atoms with E-state index in [1.165, 1.54) is 6.20 Å². The molecule has 0 saturated carbocycles. The van der Waals surface area contributed by atoms with Gasteiger partial charge in [-0.25, -0.2) is 9.78 Å². The number of pyridine rings is 1. The molecule has 0 unspecified atom stereocenters. The second kappa shape index (κ2) is 5.05. The predicted octanol–water partition coefficient (Wildman–Crippen LogP) is 1.12. The number of carboxylic acids is 1. The van der Waals surface area contributed by atoms with Gasteiger partial charge in [-0.15, -0.1) is 0 Å². The molecule has 6 nitrogen and oxygen atoms in total. The molecule has 0 fully saturated rings. The molecule has 0 aromatic carbocycles.